The van der Waals surface area contributed by atoms with Gasteiger partial charge in [-0.2, -0.15) is 0 Å². The number of halogens is 1. The lowest BCUT2D eigenvalue weighted by atomic mass is 10.1. The Bertz CT molecular complexity index is 343. The van der Waals surface area contributed by atoms with Crippen molar-refractivity contribution in [3.8, 4) is 0 Å². The maximum absolute atomic E-state index is 5.92. The fourth-order valence-electron chi connectivity index (χ4n) is 2.04. The molecule has 4 nitrogen and oxygen atoms in total. The van der Waals surface area contributed by atoms with Crippen LogP contribution in [0.1, 0.15) is 32.1 Å². The van der Waals surface area contributed by atoms with Gasteiger partial charge in [-0.05, 0) is 41.4 Å². The van der Waals surface area contributed by atoms with E-state index in [1.165, 1.54) is 0 Å². The van der Waals surface area contributed by atoms with Crippen molar-refractivity contribution in [3.63, 3.8) is 0 Å². The summed E-state index contributed by atoms with van der Waals surface area (Å²) in [7, 11) is 1.72. The standard InChI is InChI=1S/C13H23BrN2O2/c1-4-10(2)16(7-8-17-3)11(9-15)12-5-6-13(14)18-12/h5-6,10-11H,4,7-9,15H2,1-3H3. The molecule has 0 aliphatic heterocycles. The van der Waals surface area contributed by atoms with Crippen molar-refractivity contribution in [1.82, 2.24) is 4.90 Å². The van der Waals surface area contributed by atoms with Gasteiger partial charge in [-0.25, -0.2) is 0 Å². The number of furan rings is 1. The minimum absolute atomic E-state index is 0.0985. The Balaban J connectivity index is 2.85. The molecule has 0 aliphatic rings. The quantitative estimate of drug-likeness (QED) is 0.800. The van der Waals surface area contributed by atoms with Crippen LogP contribution in [-0.4, -0.2) is 37.7 Å². The molecule has 104 valence electrons. The van der Waals surface area contributed by atoms with Gasteiger partial charge in [0.05, 0.1) is 12.6 Å². The minimum atomic E-state index is 0.0985. The molecule has 0 aliphatic carbocycles. The van der Waals surface area contributed by atoms with Crippen LogP contribution in [-0.2, 0) is 4.74 Å². The van der Waals surface area contributed by atoms with Gasteiger partial charge in [0.25, 0.3) is 0 Å². The highest BCUT2D eigenvalue weighted by atomic mass is 79.9. The van der Waals surface area contributed by atoms with Crippen LogP contribution in [0.2, 0.25) is 0 Å². The van der Waals surface area contributed by atoms with E-state index in [2.05, 4.69) is 34.7 Å². The number of rotatable bonds is 8. The zero-order chi connectivity index (χ0) is 13.5. The molecular weight excluding hydrogens is 296 g/mol. The van der Waals surface area contributed by atoms with Crippen LogP contribution in [0, 0.1) is 0 Å². The fraction of sp³-hybridized carbons (Fsp3) is 0.692. The summed E-state index contributed by atoms with van der Waals surface area (Å²) in [6, 6.07) is 4.42. The van der Waals surface area contributed by atoms with E-state index in [1.54, 1.807) is 7.11 Å². The first kappa shape index (κ1) is 15.7. The van der Waals surface area contributed by atoms with Gasteiger partial charge >= 0.3 is 0 Å². The molecule has 1 rings (SSSR count). The molecule has 0 fully saturated rings. The molecule has 2 atom stereocenters. The van der Waals surface area contributed by atoms with Crippen molar-refractivity contribution < 1.29 is 9.15 Å². The highest BCUT2D eigenvalue weighted by molar-refractivity contribution is 9.10. The summed E-state index contributed by atoms with van der Waals surface area (Å²) >= 11 is 3.33. The third kappa shape index (κ3) is 4.09. The van der Waals surface area contributed by atoms with Crippen molar-refractivity contribution >= 4 is 15.9 Å². The van der Waals surface area contributed by atoms with Gasteiger partial charge in [0.2, 0.25) is 0 Å². The van der Waals surface area contributed by atoms with E-state index in [-0.39, 0.29) is 6.04 Å². The number of methoxy groups -OCH3 is 1. The SMILES string of the molecule is CCC(C)N(CCOC)C(CN)c1ccc(Br)o1. The van der Waals surface area contributed by atoms with Crippen LogP contribution >= 0.6 is 15.9 Å². The first-order valence-corrected chi connectivity index (χ1v) is 7.13. The van der Waals surface area contributed by atoms with Crippen molar-refractivity contribution in [3.05, 3.63) is 22.6 Å². The maximum Gasteiger partial charge on any atom is 0.169 e. The van der Waals surface area contributed by atoms with Crippen molar-refractivity contribution in [1.29, 1.82) is 0 Å². The number of nitrogens with two attached hydrogens (primary N) is 1. The van der Waals surface area contributed by atoms with Crippen LogP contribution in [0.15, 0.2) is 21.2 Å². The van der Waals surface area contributed by atoms with Crippen LogP contribution in [0.3, 0.4) is 0 Å². The molecule has 0 bridgehead atoms. The summed E-state index contributed by atoms with van der Waals surface area (Å²) in [4.78, 5) is 2.34. The highest BCUT2D eigenvalue weighted by Gasteiger charge is 2.25. The number of nitrogens with zero attached hydrogens (tertiary/aromatic N) is 1. The topological polar surface area (TPSA) is 51.6 Å². The molecule has 0 saturated carbocycles. The summed E-state index contributed by atoms with van der Waals surface area (Å²) in [5.74, 6) is 0.903. The zero-order valence-electron chi connectivity index (χ0n) is 11.4. The fourth-order valence-corrected chi connectivity index (χ4v) is 2.36. The van der Waals surface area contributed by atoms with E-state index in [9.17, 15) is 0 Å². The molecule has 2 N–H and O–H groups in total. The summed E-state index contributed by atoms with van der Waals surface area (Å²) in [5.41, 5.74) is 5.92. The molecule has 0 aromatic carbocycles. The number of hydrogen-bond acceptors (Lipinski definition) is 4. The second kappa shape index (κ2) is 7.94. The van der Waals surface area contributed by atoms with Gasteiger partial charge in [0, 0.05) is 26.2 Å². The second-order valence-corrected chi connectivity index (χ2v) is 5.16. The van der Waals surface area contributed by atoms with E-state index >= 15 is 0 Å². The Morgan fingerprint density at radius 2 is 2.22 bits per heavy atom. The third-order valence-corrected chi connectivity index (χ3v) is 3.68. The molecule has 1 aromatic rings. The number of hydrogen-bond donors (Lipinski definition) is 1. The molecule has 1 aromatic heterocycles. The van der Waals surface area contributed by atoms with Gasteiger partial charge in [-0.1, -0.05) is 6.92 Å². The van der Waals surface area contributed by atoms with Gasteiger partial charge in [-0.3, -0.25) is 4.90 Å². The van der Waals surface area contributed by atoms with Crippen molar-refractivity contribution in [2.24, 2.45) is 5.73 Å². The Morgan fingerprint density at radius 1 is 1.50 bits per heavy atom. The smallest absolute Gasteiger partial charge is 0.169 e. The van der Waals surface area contributed by atoms with Gasteiger partial charge in [0.15, 0.2) is 4.67 Å². The van der Waals surface area contributed by atoms with Crippen molar-refractivity contribution in [2.75, 3.05) is 26.8 Å². The van der Waals surface area contributed by atoms with E-state index in [0.717, 1.165) is 23.4 Å². The summed E-state index contributed by atoms with van der Waals surface area (Å²) < 4.78 is 11.6. The summed E-state index contributed by atoms with van der Waals surface area (Å²) in [5, 5.41) is 0. The average molecular weight is 319 g/mol. The normalized spacial score (nSPS) is 15.0. The highest BCUT2D eigenvalue weighted by Crippen LogP contribution is 2.26. The first-order chi connectivity index (χ1) is 8.63. The van der Waals surface area contributed by atoms with Gasteiger partial charge in [-0.15, -0.1) is 0 Å². The monoisotopic (exact) mass is 318 g/mol. The predicted molar refractivity (Wildman–Crippen MR) is 76.5 cm³/mol. The van der Waals surface area contributed by atoms with Crippen LogP contribution < -0.4 is 5.73 Å². The first-order valence-electron chi connectivity index (χ1n) is 6.34. The van der Waals surface area contributed by atoms with E-state index in [1.807, 2.05) is 12.1 Å². The number of ether oxygens (including phenoxy) is 1. The average Bonchev–Trinajstić information content (AvgIpc) is 2.80. The summed E-state index contributed by atoms with van der Waals surface area (Å²) in [6.07, 6.45) is 1.07. The lowest BCUT2D eigenvalue weighted by Crippen LogP contribution is -2.41. The molecule has 0 saturated heterocycles. The van der Waals surface area contributed by atoms with Gasteiger partial charge < -0.3 is 14.9 Å². The van der Waals surface area contributed by atoms with Crippen LogP contribution in [0.5, 0.6) is 0 Å². The molecular formula is C13H23BrN2O2. The third-order valence-electron chi connectivity index (χ3n) is 3.26. The minimum Gasteiger partial charge on any atom is -0.453 e. The van der Waals surface area contributed by atoms with Crippen molar-refractivity contribution in [2.45, 2.75) is 32.4 Å². The molecule has 2 unspecified atom stereocenters. The van der Waals surface area contributed by atoms with Crippen LogP contribution in [0.25, 0.3) is 0 Å². The van der Waals surface area contributed by atoms with Gasteiger partial charge in [0.1, 0.15) is 5.76 Å². The van der Waals surface area contributed by atoms with E-state index in [0.29, 0.717) is 19.2 Å². The molecule has 0 radical (unpaired) electrons. The van der Waals surface area contributed by atoms with E-state index < -0.39 is 0 Å². The Hall–Kier alpha value is -0.360. The maximum atomic E-state index is 5.92. The molecule has 18 heavy (non-hydrogen) atoms. The Labute approximate surface area is 118 Å². The zero-order valence-corrected chi connectivity index (χ0v) is 12.9. The lowest BCUT2D eigenvalue weighted by Gasteiger charge is -2.34. The Morgan fingerprint density at radius 3 is 2.67 bits per heavy atom. The molecule has 5 heteroatoms. The van der Waals surface area contributed by atoms with E-state index in [4.69, 9.17) is 14.9 Å². The second-order valence-electron chi connectivity index (χ2n) is 4.38. The largest absolute Gasteiger partial charge is 0.453 e. The lowest BCUT2D eigenvalue weighted by molar-refractivity contribution is 0.0811. The predicted octanol–water partition coefficient (Wildman–Crippen LogP) is 2.79. The summed E-state index contributed by atoms with van der Waals surface area (Å²) in [6.45, 7) is 6.47. The Kier molecular flexibility index (Phi) is 6.92. The molecule has 1 heterocycles. The van der Waals surface area contributed by atoms with Crippen LogP contribution in [0.4, 0.5) is 0 Å². The molecule has 0 amide bonds. The molecule has 0 spiro atoms.